The number of aliphatic imine (C=N–C) groups is 1. The summed E-state index contributed by atoms with van der Waals surface area (Å²) in [7, 11) is 1.77. The first kappa shape index (κ1) is 22.7. The van der Waals surface area contributed by atoms with Crippen molar-refractivity contribution < 1.29 is 4.74 Å². The highest BCUT2D eigenvalue weighted by Crippen LogP contribution is 2.20. The summed E-state index contributed by atoms with van der Waals surface area (Å²) in [5.74, 6) is 1.67. The third-order valence-electron chi connectivity index (χ3n) is 4.36. The molecule has 0 spiro atoms. The lowest BCUT2D eigenvalue weighted by molar-refractivity contribution is 0.336. The number of hydrogen-bond acceptors (Lipinski definition) is 3. The van der Waals surface area contributed by atoms with Crippen LogP contribution >= 0.6 is 24.0 Å². The standard InChI is InChI=1S/C22H27N5O.HI/c1-4-28-21-14-17(2)6-9-19(21)16-25-22(23-3)24-15-18-7-10-20(11-8-18)27-13-5-12-26-27;/h5-14H,4,15-16H2,1-3H3,(H2,23,24,25);1H. The van der Waals surface area contributed by atoms with Crippen LogP contribution in [0.5, 0.6) is 5.75 Å². The van der Waals surface area contributed by atoms with Gasteiger partial charge < -0.3 is 15.4 Å². The third-order valence-corrected chi connectivity index (χ3v) is 4.36. The molecule has 0 aliphatic rings. The Labute approximate surface area is 189 Å². The molecule has 0 radical (unpaired) electrons. The Balaban J connectivity index is 0.00000300. The van der Waals surface area contributed by atoms with Gasteiger partial charge in [0.25, 0.3) is 0 Å². The van der Waals surface area contributed by atoms with Gasteiger partial charge in [0.1, 0.15) is 5.75 Å². The summed E-state index contributed by atoms with van der Waals surface area (Å²) in [6, 6.07) is 16.5. The molecule has 0 amide bonds. The van der Waals surface area contributed by atoms with Crippen molar-refractivity contribution in [1.82, 2.24) is 20.4 Å². The van der Waals surface area contributed by atoms with Crippen LogP contribution in [0, 0.1) is 6.92 Å². The predicted octanol–water partition coefficient (Wildman–Crippen LogP) is 4.06. The highest BCUT2D eigenvalue weighted by atomic mass is 127. The van der Waals surface area contributed by atoms with Crippen molar-refractivity contribution in [2.75, 3.05) is 13.7 Å². The maximum Gasteiger partial charge on any atom is 0.191 e. The van der Waals surface area contributed by atoms with Crippen LogP contribution in [0.2, 0.25) is 0 Å². The van der Waals surface area contributed by atoms with E-state index in [9.17, 15) is 0 Å². The van der Waals surface area contributed by atoms with Gasteiger partial charge in [0, 0.05) is 38.1 Å². The molecule has 2 N–H and O–H groups in total. The van der Waals surface area contributed by atoms with E-state index in [2.05, 4.69) is 70.1 Å². The first-order valence-corrected chi connectivity index (χ1v) is 9.45. The number of nitrogens with zero attached hydrogens (tertiary/aromatic N) is 3. The summed E-state index contributed by atoms with van der Waals surface area (Å²) in [5.41, 5.74) is 4.51. The summed E-state index contributed by atoms with van der Waals surface area (Å²) < 4.78 is 7.59. The van der Waals surface area contributed by atoms with Crippen LogP contribution in [0.25, 0.3) is 5.69 Å². The van der Waals surface area contributed by atoms with E-state index in [-0.39, 0.29) is 24.0 Å². The molecule has 3 aromatic rings. The third kappa shape index (κ3) is 6.49. The van der Waals surface area contributed by atoms with Gasteiger partial charge in [-0.1, -0.05) is 24.3 Å². The molecule has 0 saturated carbocycles. The highest BCUT2D eigenvalue weighted by Gasteiger charge is 2.06. The largest absolute Gasteiger partial charge is 0.494 e. The van der Waals surface area contributed by atoms with Gasteiger partial charge in [0.2, 0.25) is 0 Å². The number of rotatable bonds is 7. The molecule has 0 bridgehead atoms. The van der Waals surface area contributed by atoms with Crippen LogP contribution < -0.4 is 15.4 Å². The Hall–Kier alpha value is -2.55. The van der Waals surface area contributed by atoms with E-state index in [0.29, 0.717) is 19.7 Å². The van der Waals surface area contributed by atoms with E-state index in [4.69, 9.17) is 4.74 Å². The van der Waals surface area contributed by atoms with E-state index in [1.807, 2.05) is 23.9 Å². The summed E-state index contributed by atoms with van der Waals surface area (Å²) in [6.45, 7) is 6.05. The van der Waals surface area contributed by atoms with E-state index >= 15 is 0 Å². The van der Waals surface area contributed by atoms with Gasteiger partial charge in [-0.2, -0.15) is 5.10 Å². The van der Waals surface area contributed by atoms with Gasteiger partial charge in [0.05, 0.1) is 12.3 Å². The summed E-state index contributed by atoms with van der Waals surface area (Å²) in [5, 5.41) is 10.9. The number of guanidine groups is 1. The molecule has 0 atom stereocenters. The molecule has 0 unspecified atom stereocenters. The Bertz CT molecular complexity index is 907. The average Bonchev–Trinajstić information content (AvgIpc) is 3.25. The minimum atomic E-state index is 0. The van der Waals surface area contributed by atoms with Crippen molar-refractivity contribution in [1.29, 1.82) is 0 Å². The van der Waals surface area contributed by atoms with E-state index < -0.39 is 0 Å². The second-order valence-corrected chi connectivity index (χ2v) is 6.44. The van der Waals surface area contributed by atoms with Crippen LogP contribution in [-0.2, 0) is 13.1 Å². The number of nitrogens with one attached hydrogen (secondary N) is 2. The lowest BCUT2D eigenvalue weighted by atomic mass is 10.1. The lowest BCUT2D eigenvalue weighted by Gasteiger charge is -2.15. The van der Waals surface area contributed by atoms with Crippen molar-refractivity contribution >= 4 is 29.9 Å². The van der Waals surface area contributed by atoms with Gasteiger partial charge in [-0.3, -0.25) is 4.99 Å². The van der Waals surface area contributed by atoms with Crippen molar-refractivity contribution in [3.8, 4) is 11.4 Å². The molecule has 29 heavy (non-hydrogen) atoms. The molecule has 0 saturated heterocycles. The molecular weight excluding hydrogens is 477 g/mol. The zero-order chi connectivity index (χ0) is 19.8. The topological polar surface area (TPSA) is 63.5 Å². The Kier molecular flexibility index (Phi) is 8.98. The van der Waals surface area contributed by atoms with Crippen LogP contribution in [0.1, 0.15) is 23.6 Å². The minimum absolute atomic E-state index is 0. The molecule has 6 nitrogen and oxygen atoms in total. The smallest absolute Gasteiger partial charge is 0.191 e. The van der Waals surface area contributed by atoms with Crippen molar-refractivity contribution in [3.63, 3.8) is 0 Å². The number of benzene rings is 2. The quantitative estimate of drug-likeness (QED) is 0.289. The van der Waals surface area contributed by atoms with E-state index in [1.165, 1.54) is 11.1 Å². The average molecular weight is 505 g/mol. The summed E-state index contributed by atoms with van der Waals surface area (Å²) in [6.07, 6.45) is 3.71. The number of ether oxygens (including phenoxy) is 1. The summed E-state index contributed by atoms with van der Waals surface area (Å²) >= 11 is 0. The maximum atomic E-state index is 5.75. The lowest BCUT2D eigenvalue weighted by Crippen LogP contribution is -2.36. The van der Waals surface area contributed by atoms with E-state index in [0.717, 1.165) is 23.0 Å². The second-order valence-electron chi connectivity index (χ2n) is 6.44. The van der Waals surface area contributed by atoms with Gasteiger partial charge in [0.15, 0.2) is 5.96 Å². The maximum absolute atomic E-state index is 5.75. The molecule has 3 rings (SSSR count). The molecule has 0 aliphatic carbocycles. The Morgan fingerprint density at radius 2 is 1.86 bits per heavy atom. The van der Waals surface area contributed by atoms with Crippen molar-refractivity contribution in [2.24, 2.45) is 4.99 Å². The molecule has 0 fully saturated rings. The fraction of sp³-hybridized carbons (Fsp3) is 0.273. The zero-order valence-electron chi connectivity index (χ0n) is 17.1. The van der Waals surface area contributed by atoms with Gasteiger partial charge in [-0.25, -0.2) is 4.68 Å². The normalized spacial score (nSPS) is 10.9. The Morgan fingerprint density at radius 3 is 2.52 bits per heavy atom. The number of aromatic nitrogens is 2. The molecular formula is C22H28IN5O. The Morgan fingerprint density at radius 1 is 1.10 bits per heavy atom. The van der Waals surface area contributed by atoms with Crippen LogP contribution in [-0.4, -0.2) is 29.4 Å². The number of hydrogen-bond donors (Lipinski definition) is 2. The van der Waals surface area contributed by atoms with Crippen LogP contribution in [0.3, 0.4) is 0 Å². The minimum Gasteiger partial charge on any atom is -0.494 e. The molecule has 1 aromatic heterocycles. The SMILES string of the molecule is CCOc1cc(C)ccc1CNC(=NC)NCc1ccc(-n2cccn2)cc1.I. The zero-order valence-corrected chi connectivity index (χ0v) is 19.4. The van der Waals surface area contributed by atoms with Crippen LogP contribution in [0.4, 0.5) is 0 Å². The molecule has 2 aromatic carbocycles. The molecule has 1 heterocycles. The van der Waals surface area contributed by atoms with Crippen molar-refractivity contribution in [2.45, 2.75) is 26.9 Å². The first-order chi connectivity index (χ1) is 13.7. The van der Waals surface area contributed by atoms with Gasteiger partial charge in [-0.05, 0) is 49.2 Å². The highest BCUT2D eigenvalue weighted by molar-refractivity contribution is 14.0. The fourth-order valence-corrected chi connectivity index (χ4v) is 2.87. The van der Waals surface area contributed by atoms with Crippen LogP contribution in [0.15, 0.2) is 65.9 Å². The van der Waals surface area contributed by atoms with Gasteiger partial charge >= 0.3 is 0 Å². The fourth-order valence-electron chi connectivity index (χ4n) is 2.87. The number of aryl methyl sites for hydroxylation is 1. The second kappa shape index (κ2) is 11.5. The van der Waals surface area contributed by atoms with E-state index in [1.54, 1.807) is 13.2 Å². The molecule has 7 heteroatoms. The van der Waals surface area contributed by atoms with Crippen molar-refractivity contribution in [3.05, 3.63) is 77.6 Å². The molecule has 0 aliphatic heterocycles. The summed E-state index contributed by atoms with van der Waals surface area (Å²) in [4.78, 5) is 4.31. The monoisotopic (exact) mass is 505 g/mol. The first-order valence-electron chi connectivity index (χ1n) is 9.45. The molecule has 154 valence electrons. The number of halogens is 1. The predicted molar refractivity (Wildman–Crippen MR) is 128 cm³/mol. The van der Waals surface area contributed by atoms with Gasteiger partial charge in [-0.15, -0.1) is 24.0 Å².